The molecule has 1 heterocycles. The van der Waals surface area contributed by atoms with Gasteiger partial charge in [-0.15, -0.1) is 0 Å². The van der Waals surface area contributed by atoms with Crippen molar-refractivity contribution in [3.63, 3.8) is 0 Å². The Morgan fingerprint density at radius 3 is 2.68 bits per heavy atom. The lowest BCUT2D eigenvalue weighted by Gasteiger charge is -2.36. The molecule has 0 bridgehead atoms. The maximum Gasteiger partial charge on any atom is 0.166 e. The Balaban J connectivity index is 1.68. The summed E-state index contributed by atoms with van der Waals surface area (Å²) in [6.45, 7) is 5.65. The molecule has 0 aromatic heterocycles. The first kappa shape index (κ1) is 16.2. The van der Waals surface area contributed by atoms with E-state index in [1.807, 2.05) is 6.92 Å². The molecule has 3 aliphatic rings. The summed E-state index contributed by atoms with van der Waals surface area (Å²) in [4.78, 5) is 12.4. The second-order valence-corrected chi connectivity index (χ2v) is 7.42. The molecule has 1 saturated carbocycles. The van der Waals surface area contributed by atoms with Crippen LogP contribution in [-0.4, -0.2) is 24.8 Å². The summed E-state index contributed by atoms with van der Waals surface area (Å²) < 4.78 is 11.4. The topological polar surface area (TPSA) is 35.5 Å². The predicted molar refractivity (Wildman–Crippen MR) is 86.5 cm³/mol. The monoisotopic (exact) mass is 306 g/mol. The minimum atomic E-state index is -0.472. The molecule has 3 rings (SSSR count). The zero-order valence-corrected chi connectivity index (χ0v) is 14.2. The predicted octanol–water partition coefficient (Wildman–Crippen LogP) is 4.41. The second-order valence-electron chi connectivity index (χ2n) is 7.42. The molecule has 2 fully saturated rings. The van der Waals surface area contributed by atoms with E-state index in [4.69, 9.17) is 9.47 Å². The van der Waals surface area contributed by atoms with E-state index in [0.717, 1.165) is 43.6 Å². The van der Waals surface area contributed by atoms with Gasteiger partial charge >= 0.3 is 0 Å². The highest BCUT2D eigenvalue weighted by Gasteiger charge is 2.36. The third-order valence-electron chi connectivity index (χ3n) is 5.80. The molecule has 1 saturated heterocycles. The van der Waals surface area contributed by atoms with Crippen LogP contribution < -0.4 is 0 Å². The highest BCUT2D eigenvalue weighted by atomic mass is 16.7. The number of hydrogen-bond acceptors (Lipinski definition) is 3. The Labute approximate surface area is 134 Å². The van der Waals surface area contributed by atoms with Crippen molar-refractivity contribution in [1.29, 1.82) is 0 Å². The van der Waals surface area contributed by atoms with Gasteiger partial charge in [-0.2, -0.15) is 0 Å². The largest absolute Gasteiger partial charge is 0.348 e. The van der Waals surface area contributed by atoms with E-state index in [1.165, 1.54) is 31.3 Å². The SMILES string of the molecule is CCCC1CCC2=C(CCC3(C)OCCO3)C(=O)CCC2C1. The quantitative estimate of drug-likeness (QED) is 0.755. The summed E-state index contributed by atoms with van der Waals surface area (Å²) in [6.07, 6.45) is 9.85. The van der Waals surface area contributed by atoms with E-state index < -0.39 is 5.79 Å². The number of fused-ring (bicyclic) bond motifs is 1. The van der Waals surface area contributed by atoms with Crippen LogP contribution in [0.1, 0.15) is 71.6 Å². The van der Waals surface area contributed by atoms with Crippen LogP contribution in [0.25, 0.3) is 0 Å². The van der Waals surface area contributed by atoms with Crippen LogP contribution in [0.5, 0.6) is 0 Å². The van der Waals surface area contributed by atoms with Gasteiger partial charge in [-0.25, -0.2) is 0 Å². The molecule has 0 spiro atoms. The Hall–Kier alpha value is -0.670. The van der Waals surface area contributed by atoms with Crippen LogP contribution >= 0.6 is 0 Å². The molecule has 22 heavy (non-hydrogen) atoms. The average Bonchev–Trinajstić information content (AvgIpc) is 2.94. The molecule has 1 aliphatic heterocycles. The van der Waals surface area contributed by atoms with Crippen LogP contribution in [0.2, 0.25) is 0 Å². The van der Waals surface area contributed by atoms with E-state index >= 15 is 0 Å². The lowest BCUT2D eigenvalue weighted by Crippen LogP contribution is -2.29. The van der Waals surface area contributed by atoms with Gasteiger partial charge in [0.2, 0.25) is 0 Å². The minimum absolute atomic E-state index is 0.391. The fourth-order valence-electron chi connectivity index (χ4n) is 4.57. The van der Waals surface area contributed by atoms with Crippen molar-refractivity contribution in [3.05, 3.63) is 11.1 Å². The van der Waals surface area contributed by atoms with Crippen molar-refractivity contribution in [1.82, 2.24) is 0 Å². The number of ether oxygens (including phenoxy) is 2. The maximum atomic E-state index is 12.4. The highest BCUT2D eigenvalue weighted by molar-refractivity contribution is 5.97. The molecule has 0 aromatic rings. The summed E-state index contributed by atoms with van der Waals surface area (Å²) in [5.74, 6) is 1.48. The molecule has 3 nitrogen and oxygen atoms in total. The molecule has 0 radical (unpaired) electrons. The normalized spacial score (nSPS) is 31.5. The van der Waals surface area contributed by atoms with Gasteiger partial charge in [0.15, 0.2) is 11.6 Å². The number of carbonyl (C=O) groups is 1. The van der Waals surface area contributed by atoms with Gasteiger partial charge in [-0.3, -0.25) is 4.79 Å². The number of Topliss-reactive ketones (excluding diaryl/α,β-unsaturated/α-hetero) is 1. The average molecular weight is 306 g/mol. The fourth-order valence-corrected chi connectivity index (χ4v) is 4.57. The van der Waals surface area contributed by atoms with Crippen molar-refractivity contribution in [3.8, 4) is 0 Å². The summed E-state index contributed by atoms with van der Waals surface area (Å²) in [7, 11) is 0. The molecular weight excluding hydrogens is 276 g/mol. The highest BCUT2D eigenvalue weighted by Crippen LogP contribution is 2.44. The zero-order chi connectivity index (χ0) is 15.6. The number of ketones is 1. The van der Waals surface area contributed by atoms with Crippen molar-refractivity contribution in [2.75, 3.05) is 13.2 Å². The maximum absolute atomic E-state index is 12.4. The summed E-state index contributed by atoms with van der Waals surface area (Å²) in [6, 6.07) is 0. The Morgan fingerprint density at radius 1 is 1.18 bits per heavy atom. The van der Waals surface area contributed by atoms with Gasteiger partial charge in [-0.05, 0) is 56.4 Å². The van der Waals surface area contributed by atoms with E-state index in [0.29, 0.717) is 24.9 Å². The molecular formula is C19H30O3. The fraction of sp³-hybridized carbons (Fsp3) is 0.842. The minimum Gasteiger partial charge on any atom is -0.348 e. The molecule has 0 N–H and O–H groups in total. The first-order valence-corrected chi connectivity index (χ1v) is 9.14. The van der Waals surface area contributed by atoms with E-state index in [1.54, 1.807) is 0 Å². The van der Waals surface area contributed by atoms with Crippen LogP contribution in [0.3, 0.4) is 0 Å². The van der Waals surface area contributed by atoms with Gasteiger partial charge < -0.3 is 9.47 Å². The van der Waals surface area contributed by atoms with Crippen molar-refractivity contribution in [2.45, 2.75) is 77.4 Å². The lowest BCUT2D eigenvalue weighted by atomic mass is 9.69. The molecule has 2 aliphatic carbocycles. The zero-order valence-electron chi connectivity index (χ0n) is 14.2. The van der Waals surface area contributed by atoms with Gasteiger partial charge in [0, 0.05) is 12.8 Å². The molecule has 3 heteroatoms. The van der Waals surface area contributed by atoms with Crippen LogP contribution in [0.4, 0.5) is 0 Å². The molecule has 2 atom stereocenters. The third-order valence-corrected chi connectivity index (χ3v) is 5.80. The van der Waals surface area contributed by atoms with Gasteiger partial charge in [-0.1, -0.05) is 25.3 Å². The Morgan fingerprint density at radius 2 is 1.95 bits per heavy atom. The number of rotatable bonds is 5. The van der Waals surface area contributed by atoms with Gasteiger partial charge in [0.05, 0.1) is 13.2 Å². The Bertz CT molecular complexity index is 446. The number of hydrogen-bond donors (Lipinski definition) is 0. The first-order valence-electron chi connectivity index (χ1n) is 9.14. The third kappa shape index (κ3) is 3.46. The second kappa shape index (κ2) is 6.84. The standard InChI is InChI=1S/C19H30O3/c1-3-4-14-5-7-16-15(13-14)6-8-18(20)17(16)9-10-19(2)21-11-12-22-19/h14-15H,3-13H2,1-2H3. The first-order chi connectivity index (χ1) is 10.6. The van der Waals surface area contributed by atoms with E-state index in [9.17, 15) is 4.79 Å². The smallest absolute Gasteiger partial charge is 0.166 e. The Kier molecular flexibility index (Phi) is 5.03. The van der Waals surface area contributed by atoms with Crippen molar-refractivity contribution < 1.29 is 14.3 Å². The molecule has 124 valence electrons. The van der Waals surface area contributed by atoms with Crippen LogP contribution in [0, 0.1) is 11.8 Å². The lowest BCUT2D eigenvalue weighted by molar-refractivity contribution is -0.146. The van der Waals surface area contributed by atoms with Crippen molar-refractivity contribution in [2.24, 2.45) is 11.8 Å². The number of carbonyl (C=O) groups excluding carboxylic acids is 1. The van der Waals surface area contributed by atoms with E-state index in [-0.39, 0.29) is 0 Å². The van der Waals surface area contributed by atoms with Crippen LogP contribution in [0.15, 0.2) is 11.1 Å². The van der Waals surface area contributed by atoms with E-state index in [2.05, 4.69) is 6.92 Å². The van der Waals surface area contributed by atoms with Crippen LogP contribution in [-0.2, 0) is 14.3 Å². The molecule has 2 unspecified atom stereocenters. The van der Waals surface area contributed by atoms with Gasteiger partial charge in [0.1, 0.15) is 0 Å². The summed E-state index contributed by atoms with van der Waals surface area (Å²) in [5.41, 5.74) is 2.62. The van der Waals surface area contributed by atoms with Crippen molar-refractivity contribution >= 4 is 5.78 Å². The summed E-state index contributed by atoms with van der Waals surface area (Å²) >= 11 is 0. The van der Waals surface area contributed by atoms with Gasteiger partial charge in [0.25, 0.3) is 0 Å². The molecule has 0 amide bonds. The number of allylic oxidation sites excluding steroid dienone is 2. The summed E-state index contributed by atoms with van der Waals surface area (Å²) in [5, 5.41) is 0. The molecule has 0 aromatic carbocycles.